The maximum atomic E-state index is 6.15. The van der Waals surface area contributed by atoms with Gasteiger partial charge in [-0.3, -0.25) is 0 Å². The molecule has 1 aromatic rings. The molecule has 0 aliphatic heterocycles. The Morgan fingerprint density at radius 2 is 1.92 bits per heavy atom. The monoisotopic (exact) mass is 200 g/mol. The van der Waals surface area contributed by atoms with Crippen LogP contribution in [0.2, 0.25) is 0 Å². The number of thiol groups is 1. The van der Waals surface area contributed by atoms with E-state index < -0.39 is 0 Å². The summed E-state index contributed by atoms with van der Waals surface area (Å²) in [5, 5.41) is 0.151. The Morgan fingerprint density at radius 3 is 2.50 bits per heavy atom. The van der Waals surface area contributed by atoms with Crippen molar-refractivity contribution in [2.75, 3.05) is 5.75 Å². The minimum absolute atomic E-state index is 0.151. The van der Waals surface area contributed by atoms with E-state index in [1.54, 1.807) is 0 Å². The van der Waals surface area contributed by atoms with Crippen LogP contribution in [0.1, 0.15) is 23.8 Å². The van der Waals surface area contributed by atoms with E-state index in [0.29, 0.717) is 0 Å². The molecule has 0 saturated heterocycles. The molecule has 66 valence electrons. The molecule has 1 rings (SSSR count). The van der Waals surface area contributed by atoms with E-state index >= 15 is 0 Å². The summed E-state index contributed by atoms with van der Waals surface area (Å²) < 4.78 is 0. The second kappa shape index (κ2) is 5.50. The fourth-order valence-corrected chi connectivity index (χ4v) is 1.58. The Balaban J connectivity index is 2.48. The van der Waals surface area contributed by atoms with Crippen LogP contribution in [0.15, 0.2) is 30.3 Å². The normalized spacial score (nSPS) is 12.8. The molecule has 0 nitrogen and oxygen atoms in total. The lowest BCUT2D eigenvalue weighted by Crippen LogP contribution is -1.90. The molecule has 0 amide bonds. The molecule has 0 N–H and O–H groups in total. The van der Waals surface area contributed by atoms with Crippen LogP contribution < -0.4 is 0 Å². The summed E-state index contributed by atoms with van der Waals surface area (Å²) in [5.41, 5.74) is 1.21. The Labute approximate surface area is 84.3 Å². The number of benzene rings is 1. The summed E-state index contributed by atoms with van der Waals surface area (Å²) in [6.07, 6.45) is 2.08. The number of rotatable bonds is 4. The zero-order valence-electron chi connectivity index (χ0n) is 6.91. The predicted octanol–water partition coefficient (Wildman–Crippen LogP) is 3.68. The minimum Gasteiger partial charge on any atom is -0.179 e. The van der Waals surface area contributed by atoms with Gasteiger partial charge >= 0.3 is 0 Å². The third-order valence-corrected chi connectivity index (χ3v) is 2.56. The Hall–Kier alpha value is -0.140. The second-order valence-electron chi connectivity index (χ2n) is 2.74. The predicted molar refractivity (Wildman–Crippen MR) is 58.1 cm³/mol. The average molecular weight is 201 g/mol. The van der Waals surface area contributed by atoms with E-state index in [4.69, 9.17) is 11.6 Å². The molecule has 2 heteroatoms. The summed E-state index contributed by atoms with van der Waals surface area (Å²) >= 11 is 10.3. The molecule has 0 fully saturated rings. The fraction of sp³-hybridized carbons (Fsp3) is 0.400. The molecule has 0 spiro atoms. The van der Waals surface area contributed by atoms with Crippen molar-refractivity contribution in [3.8, 4) is 0 Å². The van der Waals surface area contributed by atoms with Crippen molar-refractivity contribution in [3.63, 3.8) is 0 Å². The molecular formula is C10H13ClS. The number of alkyl halides is 1. The largest absolute Gasteiger partial charge is 0.179 e. The van der Waals surface area contributed by atoms with E-state index in [1.165, 1.54) is 5.56 Å². The van der Waals surface area contributed by atoms with Gasteiger partial charge in [0.15, 0.2) is 0 Å². The van der Waals surface area contributed by atoms with Crippen molar-refractivity contribution in [2.24, 2.45) is 0 Å². The van der Waals surface area contributed by atoms with Crippen LogP contribution >= 0.6 is 24.2 Å². The SMILES string of the molecule is SCCCC(Cl)c1ccccc1. The topological polar surface area (TPSA) is 0 Å². The molecule has 12 heavy (non-hydrogen) atoms. The number of halogens is 1. The van der Waals surface area contributed by atoms with Gasteiger partial charge in [-0.1, -0.05) is 30.3 Å². The van der Waals surface area contributed by atoms with Crippen molar-refractivity contribution >= 4 is 24.2 Å². The highest BCUT2D eigenvalue weighted by atomic mass is 35.5. The average Bonchev–Trinajstić information content (AvgIpc) is 2.15. The van der Waals surface area contributed by atoms with Gasteiger partial charge in [0.05, 0.1) is 5.38 Å². The first-order valence-electron chi connectivity index (χ1n) is 4.14. The standard InChI is InChI=1S/C10H13ClS/c11-10(7-4-8-12)9-5-2-1-3-6-9/h1-3,5-6,10,12H,4,7-8H2. The van der Waals surface area contributed by atoms with Crippen molar-refractivity contribution in [3.05, 3.63) is 35.9 Å². The number of hydrogen-bond acceptors (Lipinski definition) is 1. The maximum Gasteiger partial charge on any atom is 0.0585 e. The maximum absolute atomic E-state index is 6.15. The Kier molecular flexibility index (Phi) is 4.55. The molecule has 1 unspecified atom stereocenters. The van der Waals surface area contributed by atoms with Gasteiger partial charge in [0.1, 0.15) is 0 Å². The number of hydrogen-bond donors (Lipinski definition) is 1. The molecule has 0 radical (unpaired) electrons. The Bertz CT molecular complexity index is 210. The van der Waals surface area contributed by atoms with Crippen LogP contribution in [0.3, 0.4) is 0 Å². The molecule has 0 saturated carbocycles. The van der Waals surface area contributed by atoms with E-state index in [-0.39, 0.29) is 5.38 Å². The van der Waals surface area contributed by atoms with E-state index in [2.05, 4.69) is 24.8 Å². The van der Waals surface area contributed by atoms with Gasteiger partial charge < -0.3 is 0 Å². The van der Waals surface area contributed by atoms with Gasteiger partial charge in [-0.05, 0) is 24.2 Å². The van der Waals surface area contributed by atoms with Gasteiger partial charge in [-0.25, -0.2) is 0 Å². The third-order valence-electron chi connectivity index (χ3n) is 1.78. The van der Waals surface area contributed by atoms with Crippen LogP contribution in [0.4, 0.5) is 0 Å². The highest BCUT2D eigenvalue weighted by Gasteiger charge is 2.05. The lowest BCUT2D eigenvalue weighted by atomic mass is 10.1. The molecule has 0 heterocycles. The highest BCUT2D eigenvalue weighted by Crippen LogP contribution is 2.24. The van der Waals surface area contributed by atoms with Crippen LogP contribution in [0, 0.1) is 0 Å². The van der Waals surface area contributed by atoms with Crippen LogP contribution in [-0.4, -0.2) is 5.75 Å². The molecule has 0 aliphatic rings. The first-order chi connectivity index (χ1) is 5.84. The lowest BCUT2D eigenvalue weighted by Gasteiger charge is -2.07. The highest BCUT2D eigenvalue weighted by molar-refractivity contribution is 7.80. The van der Waals surface area contributed by atoms with Crippen molar-refractivity contribution in [2.45, 2.75) is 18.2 Å². The molecule has 0 bridgehead atoms. The first kappa shape index (κ1) is 9.94. The second-order valence-corrected chi connectivity index (χ2v) is 3.72. The van der Waals surface area contributed by atoms with Gasteiger partial charge in [-0.2, -0.15) is 12.6 Å². The van der Waals surface area contributed by atoms with Gasteiger partial charge in [0.2, 0.25) is 0 Å². The molecule has 1 atom stereocenters. The van der Waals surface area contributed by atoms with Crippen LogP contribution in [0.5, 0.6) is 0 Å². The van der Waals surface area contributed by atoms with Crippen molar-refractivity contribution < 1.29 is 0 Å². The molecule has 0 aromatic heterocycles. The summed E-state index contributed by atoms with van der Waals surface area (Å²) in [7, 11) is 0. The van der Waals surface area contributed by atoms with E-state index in [9.17, 15) is 0 Å². The summed E-state index contributed by atoms with van der Waals surface area (Å²) in [6, 6.07) is 10.2. The van der Waals surface area contributed by atoms with E-state index in [0.717, 1.165) is 18.6 Å². The summed E-state index contributed by atoms with van der Waals surface area (Å²) in [5.74, 6) is 0.913. The molecule has 0 aliphatic carbocycles. The third kappa shape index (κ3) is 3.08. The van der Waals surface area contributed by atoms with Crippen LogP contribution in [0.25, 0.3) is 0 Å². The van der Waals surface area contributed by atoms with Gasteiger partial charge in [0.25, 0.3) is 0 Å². The molecular weight excluding hydrogens is 188 g/mol. The van der Waals surface area contributed by atoms with Crippen molar-refractivity contribution in [1.82, 2.24) is 0 Å². The van der Waals surface area contributed by atoms with Crippen molar-refractivity contribution in [1.29, 1.82) is 0 Å². The summed E-state index contributed by atoms with van der Waals surface area (Å²) in [6.45, 7) is 0. The van der Waals surface area contributed by atoms with Gasteiger partial charge in [-0.15, -0.1) is 11.6 Å². The quantitative estimate of drug-likeness (QED) is 0.557. The summed E-state index contributed by atoms with van der Waals surface area (Å²) in [4.78, 5) is 0. The minimum atomic E-state index is 0.151. The lowest BCUT2D eigenvalue weighted by molar-refractivity contribution is 0.778. The first-order valence-corrected chi connectivity index (χ1v) is 5.21. The smallest absolute Gasteiger partial charge is 0.0585 e. The van der Waals surface area contributed by atoms with E-state index in [1.807, 2.05) is 18.2 Å². The zero-order valence-corrected chi connectivity index (χ0v) is 8.56. The zero-order chi connectivity index (χ0) is 8.81. The molecule has 1 aromatic carbocycles. The van der Waals surface area contributed by atoms with Crippen LogP contribution in [-0.2, 0) is 0 Å². The van der Waals surface area contributed by atoms with Gasteiger partial charge in [0, 0.05) is 0 Å². The fourth-order valence-electron chi connectivity index (χ4n) is 1.10. The Morgan fingerprint density at radius 1 is 1.25 bits per heavy atom.